The van der Waals surface area contributed by atoms with E-state index >= 15 is 0 Å². The average molecular weight is 511 g/mol. The molecule has 0 bridgehead atoms. The quantitative estimate of drug-likeness (QED) is 0.261. The maximum atomic E-state index is 13.3. The van der Waals surface area contributed by atoms with E-state index in [4.69, 9.17) is 9.47 Å². The molecule has 200 valence electrons. The number of hydrogen-bond donors (Lipinski definition) is 2. The number of carbonyl (C=O) groups excluding carboxylic acids is 2. The molecule has 1 aliphatic heterocycles. The fourth-order valence-corrected chi connectivity index (χ4v) is 4.51. The van der Waals surface area contributed by atoms with E-state index in [1.807, 2.05) is 26.8 Å². The fourth-order valence-electron chi connectivity index (χ4n) is 4.51. The van der Waals surface area contributed by atoms with Gasteiger partial charge in [-0.3, -0.25) is 9.59 Å². The number of ether oxygens (including phenoxy) is 2. The number of benzene rings is 2. The topological polar surface area (TPSA) is 99.5 Å². The van der Waals surface area contributed by atoms with E-state index in [2.05, 4.69) is 18.7 Å². The molecule has 0 saturated carbocycles. The number of likely N-dealkylation sites (tertiary alicyclic amines) is 1. The van der Waals surface area contributed by atoms with Crippen LogP contribution >= 0.6 is 0 Å². The van der Waals surface area contributed by atoms with Gasteiger partial charge in [0.15, 0.2) is 11.5 Å². The molecule has 0 aliphatic carbocycles. The SMILES string of the molecule is CCN(CC)CCN1C(=O)C(=O)C(=C(O)c2ccc(OCC(C)C)cc2C)C1c1ccc(O)c(OC)c1. The summed E-state index contributed by atoms with van der Waals surface area (Å²) >= 11 is 0. The number of phenols is 1. The molecule has 1 saturated heterocycles. The second kappa shape index (κ2) is 12.1. The van der Waals surface area contributed by atoms with Gasteiger partial charge in [0.05, 0.1) is 25.3 Å². The number of Topliss-reactive ketones (excluding diaryl/α,β-unsaturated/α-hetero) is 1. The van der Waals surface area contributed by atoms with Gasteiger partial charge in [0.25, 0.3) is 11.7 Å². The van der Waals surface area contributed by atoms with Crippen molar-refractivity contribution in [2.24, 2.45) is 5.92 Å². The van der Waals surface area contributed by atoms with Crippen molar-refractivity contribution < 1.29 is 29.3 Å². The Morgan fingerprint density at radius 3 is 2.41 bits per heavy atom. The van der Waals surface area contributed by atoms with Crippen LogP contribution in [0.25, 0.3) is 5.76 Å². The molecule has 0 radical (unpaired) electrons. The largest absolute Gasteiger partial charge is 0.507 e. The zero-order chi connectivity index (χ0) is 27.3. The summed E-state index contributed by atoms with van der Waals surface area (Å²) in [6.07, 6.45) is 0. The van der Waals surface area contributed by atoms with Crippen molar-refractivity contribution in [3.8, 4) is 17.2 Å². The predicted molar refractivity (Wildman–Crippen MR) is 143 cm³/mol. The number of aliphatic hydroxyl groups is 1. The Balaban J connectivity index is 2.11. The molecule has 2 aromatic rings. The molecule has 2 N–H and O–H groups in total. The van der Waals surface area contributed by atoms with Gasteiger partial charge in [-0.2, -0.15) is 0 Å². The molecule has 37 heavy (non-hydrogen) atoms. The predicted octanol–water partition coefficient (Wildman–Crippen LogP) is 4.51. The molecule has 0 aromatic heterocycles. The summed E-state index contributed by atoms with van der Waals surface area (Å²) in [7, 11) is 1.43. The lowest BCUT2D eigenvalue weighted by Gasteiger charge is -2.28. The van der Waals surface area contributed by atoms with E-state index in [1.165, 1.54) is 18.1 Å². The van der Waals surface area contributed by atoms with Crippen LogP contribution < -0.4 is 9.47 Å². The van der Waals surface area contributed by atoms with Crippen LogP contribution in [0.5, 0.6) is 17.2 Å². The first-order chi connectivity index (χ1) is 17.6. The van der Waals surface area contributed by atoms with Gasteiger partial charge < -0.3 is 29.5 Å². The Bertz CT molecular complexity index is 1170. The summed E-state index contributed by atoms with van der Waals surface area (Å²) in [6, 6.07) is 9.14. The highest BCUT2D eigenvalue weighted by atomic mass is 16.5. The van der Waals surface area contributed by atoms with Crippen LogP contribution in [0.15, 0.2) is 42.0 Å². The first-order valence-corrected chi connectivity index (χ1v) is 12.7. The number of aliphatic hydroxyl groups excluding tert-OH is 1. The van der Waals surface area contributed by atoms with Crippen molar-refractivity contribution in [1.29, 1.82) is 0 Å². The molecule has 1 aliphatic rings. The number of aromatic hydroxyl groups is 1. The second-order valence-electron chi connectivity index (χ2n) is 9.63. The monoisotopic (exact) mass is 510 g/mol. The van der Waals surface area contributed by atoms with Crippen molar-refractivity contribution >= 4 is 17.4 Å². The van der Waals surface area contributed by atoms with Crippen LogP contribution in [0.1, 0.15) is 50.4 Å². The van der Waals surface area contributed by atoms with E-state index in [0.717, 1.165) is 18.7 Å². The number of methoxy groups -OCH3 is 1. The molecule has 0 spiro atoms. The lowest BCUT2D eigenvalue weighted by atomic mass is 9.93. The number of phenolic OH excluding ortho intramolecular Hbond substituents is 1. The minimum absolute atomic E-state index is 0.0104. The second-order valence-corrected chi connectivity index (χ2v) is 9.63. The van der Waals surface area contributed by atoms with Gasteiger partial charge >= 0.3 is 0 Å². The smallest absolute Gasteiger partial charge is 0.295 e. The summed E-state index contributed by atoms with van der Waals surface area (Å²) in [5.74, 6) is -0.457. The molecule has 8 nitrogen and oxygen atoms in total. The minimum Gasteiger partial charge on any atom is -0.507 e. The van der Waals surface area contributed by atoms with Crippen LogP contribution in [0.4, 0.5) is 0 Å². The third kappa shape index (κ3) is 6.07. The van der Waals surface area contributed by atoms with Crippen molar-refractivity contribution in [2.45, 2.75) is 40.7 Å². The van der Waals surface area contributed by atoms with Gasteiger partial charge in [0.1, 0.15) is 11.5 Å². The first-order valence-electron chi connectivity index (χ1n) is 12.7. The van der Waals surface area contributed by atoms with Gasteiger partial charge in [-0.25, -0.2) is 0 Å². The molecule has 3 rings (SSSR count). The Morgan fingerprint density at radius 1 is 1.11 bits per heavy atom. The molecule has 8 heteroatoms. The Morgan fingerprint density at radius 2 is 1.81 bits per heavy atom. The van der Waals surface area contributed by atoms with Gasteiger partial charge in [-0.1, -0.05) is 33.8 Å². The minimum atomic E-state index is -0.832. The highest BCUT2D eigenvalue weighted by molar-refractivity contribution is 6.46. The van der Waals surface area contributed by atoms with Crippen molar-refractivity contribution in [2.75, 3.05) is 39.9 Å². The molecule has 1 heterocycles. The number of likely N-dealkylation sites (N-methyl/N-ethyl adjacent to an activating group) is 1. The molecular formula is C29H38N2O6. The third-order valence-electron chi connectivity index (χ3n) is 6.65. The van der Waals surface area contributed by atoms with E-state index in [1.54, 1.807) is 24.3 Å². The van der Waals surface area contributed by atoms with Crippen LogP contribution in [0.2, 0.25) is 0 Å². The van der Waals surface area contributed by atoms with E-state index in [0.29, 0.717) is 42.5 Å². The maximum absolute atomic E-state index is 13.3. The van der Waals surface area contributed by atoms with Gasteiger partial charge in [0.2, 0.25) is 0 Å². The summed E-state index contributed by atoms with van der Waals surface area (Å²) < 4.78 is 11.1. The van der Waals surface area contributed by atoms with E-state index in [-0.39, 0.29) is 22.8 Å². The number of hydrogen-bond acceptors (Lipinski definition) is 7. The molecule has 1 amide bonds. The van der Waals surface area contributed by atoms with Gasteiger partial charge in [0, 0.05) is 18.7 Å². The Hall–Kier alpha value is -3.52. The number of nitrogens with zero attached hydrogens (tertiary/aromatic N) is 2. The van der Waals surface area contributed by atoms with Crippen molar-refractivity contribution in [1.82, 2.24) is 9.80 Å². The average Bonchev–Trinajstić information content (AvgIpc) is 3.13. The first kappa shape index (κ1) is 28.1. The van der Waals surface area contributed by atoms with Gasteiger partial charge in [-0.05, 0) is 67.4 Å². The molecule has 1 fully saturated rings. The molecule has 1 unspecified atom stereocenters. The number of ketones is 1. The zero-order valence-corrected chi connectivity index (χ0v) is 22.6. The highest BCUT2D eigenvalue weighted by Gasteiger charge is 2.46. The van der Waals surface area contributed by atoms with Crippen LogP contribution in [0.3, 0.4) is 0 Å². The number of amides is 1. The van der Waals surface area contributed by atoms with Crippen LogP contribution in [-0.2, 0) is 9.59 Å². The number of rotatable bonds is 11. The molecule has 2 aromatic carbocycles. The third-order valence-corrected chi connectivity index (χ3v) is 6.65. The normalized spacial score (nSPS) is 17.2. The summed E-state index contributed by atoms with van der Waals surface area (Å²) in [5, 5.41) is 21.6. The molecule has 1 atom stereocenters. The number of carbonyl (C=O) groups is 2. The van der Waals surface area contributed by atoms with Crippen molar-refractivity contribution in [3.63, 3.8) is 0 Å². The molecular weight excluding hydrogens is 472 g/mol. The summed E-state index contributed by atoms with van der Waals surface area (Å²) in [6.45, 7) is 13.1. The summed E-state index contributed by atoms with van der Waals surface area (Å²) in [4.78, 5) is 30.2. The Kier molecular flexibility index (Phi) is 9.21. The van der Waals surface area contributed by atoms with E-state index < -0.39 is 17.7 Å². The van der Waals surface area contributed by atoms with Crippen LogP contribution in [0, 0.1) is 12.8 Å². The highest BCUT2D eigenvalue weighted by Crippen LogP contribution is 2.42. The summed E-state index contributed by atoms with van der Waals surface area (Å²) in [5.41, 5.74) is 1.74. The van der Waals surface area contributed by atoms with Crippen LogP contribution in [-0.4, -0.2) is 71.6 Å². The lowest BCUT2D eigenvalue weighted by Crippen LogP contribution is -2.38. The fraction of sp³-hybridized carbons (Fsp3) is 0.448. The lowest BCUT2D eigenvalue weighted by molar-refractivity contribution is -0.140. The number of aryl methyl sites for hydroxylation is 1. The Labute approximate surface area is 219 Å². The van der Waals surface area contributed by atoms with E-state index in [9.17, 15) is 19.8 Å². The zero-order valence-electron chi connectivity index (χ0n) is 22.6. The standard InChI is InChI=1S/C29H38N2O6/c1-7-30(8-2)13-14-31-26(20-9-12-23(32)24(16-20)36-6)25(28(34)29(31)35)27(33)22-11-10-21(15-19(22)5)37-17-18(3)4/h9-12,15-16,18,26,32-33H,7-8,13-14,17H2,1-6H3. The van der Waals surface area contributed by atoms with Crippen molar-refractivity contribution in [3.05, 3.63) is 58.7 Å². The van der Waals surface area contributed by atoms with Gasteiger partial charge in [-0.15, -0.1) is 0 Å². The maximum Gasteiger partial charge on any atom is 0.295 e.